The van der Waals surface area contributed by atoms with Crippen molar-refractivity contribution in [2.24, 2.45) is 0 Å². The Morgan fingerprint density at radius 3 is 2.86 bits per heavy atom. The average Bonchev–Trinajstić information content (AvgIpc) is 2.53. The van der Waals surface area contributed by atoms with Crippen molar-refractivity contribution < 1.29 is 24.2 Å². The number of aromatic hydroxyl groups is 1. The van der Waals surface area contributed by atoms with E-state index in [1.165, 1.54) is 19.2 Å². The molecule has 0 bridgehead atoms. The molecule has 0 saturated heterocycles. The Hall–Kier alpha value is -2.82. The molecule has 1 atom stereocenters. The number of hydrogen-bond donors (Lipinski definition) is 1. The molecule has 112 valence electrons. The molecule has 0 fully saturated rings. The van der Waals surface area contributed by atoms with E-state index < -0.39 is 12.1 Å². The van der Waals surface area contributed by atoms with Crippen LogP contribution < -0.4 is 4.74 Å². The molecular weight excluding hydrogens is 284 g/mol. The van der Waals surface area contributed by atoms with Gasteiger partial charge in [-0.15, -0.1) is 0 Å². The van der Waals surface area contributed by atoms with Crippen molar-refractivity contribution in [3.63, 3.8) is 0 Å². The number of carbonyl (C=O) groups excluding carboxylic acids is 2. The first-order chi connectivity index (χ1) is 10.6. The van der Waals surface area contributed by atoms with Gasteiger partial charge >= 0.3 is 5.97 Å². The molecule has 5 nitrogen and oxygen atoms in total. The van der Waals surface area contributed by atoms with Crippen LogP contribution in [0.4, 0.5) is 0 Å². The van der Waals surface area contributed by atoms with Crippen molar-refractivity contribution in [1.29, 1.82) is 0 Å². The lowest BCUT2D eigenvalue weighted by Gasteiger charge is -2.25. The van der Waals surface area contributed by atoms with Gasteiger partial charge in [-0.05, 0) is 29.8 Å². The number of methoxy groups -OCH3 is 1. The minimum atomic E-state index is -0.494. The normalized spacial score (nSPS) is 16.6. The van der Waals surface area contributed by atoms with Gasteiger partial charge in [-0.1, -0.05) is 12.1 Å². The van der Waals surface area contributed by atoms with Gasteiger partial charge in [0.1, 0.15) is 17.6 Å². The molecule has 1 aliphatic rings. The number of Topliss-reactive ketones (excluding diaryl/α,β-unsaturated/α-hetero) is 1. The number of benzene rings is 2. The zero-order valence-corrected chi connectivity index (χ0v) is 11.9. The second kappa shape index (κ2) is 5.52. The summed E-state index contributed by atoms with van der Waals surface area (Å²) in [5, 5.41) is 9.53. The zero-order valence-electron chi connectivity index (χ0n) is 11.9. The molecule has 0 aliphatic carbocycles. The minimum Gasteiger partial charge on any atom is -0.508 e. The summed E-state index contributed by atoms with van der Waals surface area (Å²) in [4.78, 5) is 23.8. The Balaban J connectivity index is 1.94. The van der Waals surface area contributed by atoms with Crippen LogP contribution in [-0.4, -0.2) is 24.0 Å². The molecule has 1 heterocycles. The van der Waals surface area contributed by atoms with Gasteiger partial charge in [0, 0.05) is 6.07 Å². The number of fused-ring (bicyclic) bond motifs is 1. The Labute approximate surface area is 127 Å². The summed E-state index contributed by atoms with van der Waals surface area (Å²) in [5.74, 6) is -0.114. The fourth-order valence-electron chi connectivity index (χ4n) is 2.48. The molecule has 0 saturated carbocycles. The van der Waals surface area contributed by atoms with Crippen LogP contribution in [0.5, 0.6) is 11.5 Å². The third-order valence-corrected chi connectivity index (χ3v) is 3.59. The van der Waals surface area contributed by atoms with Crippen LogP contribution in [0.25, 0.3) is 0 Å². The average molecular weight is 298 g/mol. The van der Waals surface area contributed by atoms with Gasteiger partial charge in [0.25, 0.3) is 0 Å². The maximum absolute atomic E-state index is 12.2. The first kappa shape index (κ1) is 14.1. The number of ketones is 1. The van der Waals surface area contributed by atoms with E-state index >= 15 is 0 Å². The molecule has 2 aromatic carbocycles. The molecule has 1 N–H and O–H groups in total. The molecule has 22 heavy (non-hydrogen) atoms. The third kappa shape index (κ3) is 2.53. The molecule has 1 aliphatic heterocycles. The second-order valence-electron chi connectivity index (χ2n) is 5.03. The smallest absolute Gasteiger partial charge is 0.337 e. The molecule has 5 heteroatoms. The Bertz CT molecular complexity index is 750. The molecule has 0 radical (unpaired) electrons. The molecular formula is C17H14O5. The molecule has 0 unspecified atom stereocenters. The van der Waals surface area contributed by atoms with E-state index in [1.54, 1.807) is 30.3 Å². The number of hydrogen-bond acceptors (Lipinski definition) is 5. The van der Waals surface area contributed by atoms with Gasteiger partial charge in [-0.3, -0.25) is 4.79 Å². The highest BCUT2D eigenvalue weighted by atomic mass is 16.5. The monoisotopic (exact) mass is 298 g/mol. The van der Waals surface area contributed by atoms with E-state index in [0.717, 1.165) is 0 Å². The van der Waals surface area contributed by atoms with E-state index in [9.17, 15) is 14.7 Å². The summed E-state index contributed by atoms with van der Waals surface area (Å²) in [5.41, 5.74) is 1.57. The van der Waals surface area contributed by atoms with E-state index in [2.05, 4.69) is 0 Å². The van der Waals surface area contributed by atoms with Crippen LogP contribution >= 0.6 is 0 Å². The van der Waals surface area contributed by atoms with Gasteiger partial charge < -0.3 is 14.6 Å². The van der Waals surface area contributed by atoms with E-state index in [1.807, 2.05) is 0 Å². The lowest BCUT2D eigenvalue weighted by Crippen LogP contribution is -2.20. The number of carbonyl (C=O) groups is 2. The molecule has 0 spiro atoms. The maximum atomic E-state index is 12.2. The summed E-state index contributed by atoms with van der Waals surface area (Å²) in [7, 11) is 1.31. The van der Waals surface area contributed by atoms with Crippen LogP contribution in [0.15, 0.2) is 42.5 Å². The lowest BCUT2D eigenvalue weighted by atomic mass is 9.95. The van der Waals surface area contributed by atoms with Crippen molar-refractivity contribution in [3.05, 3.63) is 59.2 Å². The predicted octanol–water partition coefficient (Wildman–Crippen LogP) is 2.89. The summed E-state index contributed by atoms with van der Waals surface area (Å²) in [6, 6.07) is 11.2. The molecule has 2 aromatic rings. The summed E-state index contributed by atoms with van der Waals surface area (Å²) in [6.07, 6.45) is -0.311. The SMILES string of the molecule is COC(=O)c1cccc([C@H]2CC(=O)c3ccc(O)cc3O2)c1. The van der Waals surface area contributed by atoms with Crippen LogP contribution in [0.1, 0.15) is 38.8 Å². The van der Waals surface area contributed by atoms with Gasteiger partial charge in [-0.25, -0.2) is 4.79 Å². The first-order valence-corrected chi connectivity index (χ1v) is 6.79. The van der Waals surface area contributed by atoms with Crippen molar-refractivity contribution in [1.82, 2.24) is 0 Å². The Morgan fingerprint density at radius 1 is 1.27 bits per heavy atom. The highest BCUT2D eigenvalue weighted by molar-refractivity contribution is 6.00. The number of phenolic OH excluding ortho intramolecular Hbond substituents is 1. The van der Waals surface area contributed by atoms with Crippen molar-refractivity contribution in [2.45, 2.75) is 12.5 Å². The second-order valence-corrected chi connectivity index (χ2v) is 5.03. The van der Waals surface area contributed by atoms with Gasteiger partial charge in [0.2, 0.25) is 0 Å². The van der Waals surface area contributed by atoms with Crippen LogP contribution in [0.2, 0.25) is 0 Å². The molecule has 0 amide bonds. The molecule has 0 aromatic heterocycles. The maximum Gasteiger partial charge on any atom is 0.337 e. The fourth-order valence-corrected chi connectivity index (χ4v) is 2.48. The van der Waals surface area contributed by atoms with E-state index in [4.69, 9.17) is 9.47 Å². The predicted molar refractivity (Wildman–Crippen MR) is 78.2 cm³/mol. The van der Waals surface area contributed by atoms with Crippen molar-refractivity contribution in [3.8, 4) is 11.5 Å². The van der Waals surface area contributed by atoms with E-state index in [0.29, 0.717) is 22.4 Å². The van der Waals surface area contributed by atoms with Crippen molar-refractivity contribution >= 4 is 11.8 Å². The van der Waals surface area contributed by atoms with Crippen LogP contribution in [-0.2, 0) is 4.74 Å². The lowest BCUT2D eigenvalue weighted by molar-refractivity contribution is 0.0600. The van der Waals surface area contributed by atoms with Crippen LogP contribution in [0.3, 0.4) is 0 Å². The molecule has 3 rings (SSSR count). The number of phenols is 1. The third-order valence-electron chi connectivity index (χ3n) is 3.59. The van der Waals surface area contributed by atoms with Gasteiger partial charge in [-0.2, -0.15) is 0 Å². The van der Waals surface area contributed by atoms with Crippen LogP contribution in [0, 0.1) is 0 Å². The summed E-state index contributed by atoms with van der Waals surface area (Å²) >= 11 is 0. The summed E-state index contributed by atoms with van der Waals surface area (Å²) in [6.45, 7) is 0. The van der Waals surface area contributed by atoms with Gasteiger partial charge in [0.05, 0.1) is 24.7 Å². The number of esters is 1. The number of rotatable bonds is 2. The number of ether oxygens (including phenoxy) is 2. The van der Waals surface area contributed by atoms with E-state index in [-0.39, 0.29) is 18.0 Å². The highest BCUT2D eigenvalue weighted by Gasteiger charge is 2.28. The van der Waals surface area contributed by atoms with Gasteiger partial charge in [0.15, 0.2) is 5.78 Å². The zero-order chi connectivity index (χ0) is 15.7. The first-order valence-electron chi connectivity index (χ1n) is 6.79. The minimum absolute atomic E-state index is 0.0375. The largest absolute Gasteiger partial charge is 0.508 e. The summed E-state index contributed by atoms with van der Waals surface area (Å²) < 4.78 is 10.5. The quantitative estimate of drug-likeness (QED) is 0.863. The standard InChI is InChI=1S/C17H14O5/c1-21-17(20)11-4-2-3-10(7-11)15-9-14(19)13-6-5-12(18)8-16(13)22-15/h2-8,15,18H,9H2,1H3/t15-/m1/s1. The fraction of sp³-hybridized carbons (Fsp3) is 0.176. The topological polar surface area (TPSA) is 72.8 Å². The highest BCUT2D eigenvalue weighted by Crippen LogP contribution is 2.36. The van der Waals surface area contributed by atoms with Crippen molar-refractivity contribution in [2.75, 3.05) is 7.11 Å². The Morgan fingerprint density at radius 2 is 2.09 bits per heavy atom. The Kier molecular flexibility index (Phi) is 3.55.